The molecule has 0 saturated carbocycles. The van der Waals surface area contributed by atoms with E-state index >= 15 is 0 Å². The molecule has 1 amide bonds. The van der Waals surface area contributed by atoms with Crippen LogP contribution < -0.4 is 0 Å². The van der Waals surface area contributed by atoms with Gasteiger partial charge in [0, 0.05) is 68.0 Å². The molecule has 5 heteroatoms. The van der Waals surface area contributed by atoms with Crippen LogP contribution in [0.5, 0.6) is 0 Å². The van der Waals surface area contributed by atoms with Crippen molar-refractivity contribution in [2.24, 2.45) is 0 Å². The Morgan fingerprint density at radius 1 is 0.968 bits per heavy atom. The second kappa shape index (κ2) is 10.1. The van der Waals surface area contributed by atoms with Crippen molar-refractivity contribution in [3.05, 3.63) is 78.0 Å². The van der Waals surface area contributed by atoms with Crippen molar-refractivity contribution in [3.8, 4) is 6.07 Å². The molecule has 2 aromatic carbocycles. The SMILES string of the molecule is N#CCCn1cc(/C=C/C(=O)N2CCN(CCc3ccccc3)CC2)c2ccccc21. The largest absolute Gasteiger partial charge is 0.346 e. The molecule has 0 spiro atoms. The maximum atomic E-state index is 12.7. The second-order valence-corrected chi connectivity index (χ2v) is 7.94. The third kappa shape index (κ3) is 5.22. The van der Waals surface area contributed by atoms with Gasteiger partial charge >= 0.3 is 0 Å². The predicted molar refractivity (Wildman–Crippen MR) is 124 cm³/mol. The second-order valence-electron chi connectivity index (χ2n) is 7.94. The van der Waals surface area contributed by atoms with E-state index in [9.17, 15) is 4.79 Å². The maximum absolute atomic E-state index is 12.7. The Kier molecular flexibility index (Phi) is 6.81. The number of carbonyl (C=O) groups is 1. The van der Waals surface area contributed by atoms with Crippen LogP contribution in [-0.4, -0.2) is 53.0 Å². The molecule has 0 aliphatic carbocycles. The molecular weight excluding hydrogens is 384 g/mol. The van der Waals surface area contributed by atoms with Crippen LogP contribution in [0, 0.1) is 11.3 Å². The number of nitrogens with zero attached hydrogens (tertiary/aromatic N) is 4. The molecule has 158 valence electrons. The lowest BCUT2D eigenvalue weighted by Crippen LogP contribution is -2.48. The molecule has 1 aromatic heterocycles. The van der Waals surface area contributed by atoms with Gasteiger partial charge in [-0.25, -0.2) is 0 Å². The van der Waals surface area contributed by atoms with Crippen molar-refractivity contribution < 1.29 is 4.79 Å². The molecule has 0 unspecified atom stereocenters. The van der Waals surface area contributed by atoms with E-state index in [-0.39, 0.29) is 5.91 Å². The summed E-state index contributed by atoms with van der Waals surface area (Å²) in [5, 5.41) is 10.0. The molecule has 4 rings (SSSR count). The fourth-order valence-corrected chi connectivity index (χ4v) is 4.15. The van der Waals surface area contributed by atoms with E-state index in [1.807, 2.05) is 35.4 Å². The lowest BCUT2D eigenvalue weighted by atomic mass is 10.1. The summed E-state index contributed by atoms with van der Waals surface area (Å²) < 4.78 is 2.09. The van der Waals surface area contributed by atoms with Gasteiger partial charge in [0.1, 0.15) is 0 Å². The number of aryl methyl sites for hydroxylation is 1. The van der Waals surface area contributed by atoms with Gasteiger partial charge in [-0.3, -0.25) is 9.69 Å². The van der Waals surface area contributed by atoms with Gasteiger partial charge in [-0.2, -0.15) is 5.26 Å². The number of carbonyl (C=O) groups excluding carboxylic acids is 1. The van der Waals surface area contributed by atoms with E-state index in [4.69, 9.17) is 5.26 Å². The first-order valence-corrected chi connectivity index (χ1v) is 10.9. The van der Waals surface area contributed by atoms with E-state index in [2.05, 4.69) is 51.9 Å². The lowest BCUT2D eigenvalue weighted by Gasteiger charge is -2.34. The molecule has 0 N–H and O–H groups in total. The number of hydrogen-bond acceptors (Lipinski definition) is 3. The zero-order chi connectivity index (χ0) is 21.5. The molecule has 1 fully saturated rings. The summed E-state index contributed by atoms with van der Waals surface area (Å²) in [6, 6.07) is 20.9. The Morgan fingerprint density at radius 2 is 1.71 bits per heavy atom. The summed E-state index contributed by atoms with van der Waals surface area (Å²) in [6.07, 6.45) is 7.15. The summed E-state index contributed by atoms with van der Waals surface area (Å²) in [4.78, 5) is 17.1. The molecule has 0 radical (unpaired) electrons. The Bertz CT molecular complexity index is 1090. The van der Waals surface area contributed by atoms with Gasteiger partial charge < -0.3 is 9.47 Å². The van der Waals surface area contributed by atoms with Crippen LogP contribution >= 0.6 is 0 Å². The van der Waals surface area contributed by atoms with Crippen LogP contribution in [0.3, 0.4) is 0 Å². The van der Waals surface area contributed by atoms with Crippen LogP contribution in [0.25, 0.3) is 17.0 Å². The van der Waals surface area contributed by atoms with Gasteiger partial charge in [0.05, 0.1) is 12.5 Å². The van der Waals surface area contributed by atoms with E-state index in [0.29, 0.717) is 13.0 Å². The zero-order valence-corrected chi connectivity index (χ0v) is 17.8. The summed E-state index contributed by atoms with van der Waals surface area (Å²) in [7, 11) is 0. The van der Waals surface area contributed by atoms with E-state index in [1.54, 1.807) is 6.08 Å². The van der Waals surface area contributed by atoms with E-state index in [0.717, 1.165) is 55.6 Å². The highest BCUT2D eigenvalue weighted by atomic mass is 16.2. The molecule has 3 aromatic rings. The third-order valence-corrected chi connectivity index (χ3v) is 5.93. The predicted octanol–water partition coefficient (Wildman–Crippen LogP) is 3.96. The van der Waals surface area contributed by atoms with Crippen LogP contribution in [0.2, 0.25) is 0 Å². The highest BCUT2D eigenvalue weighted by Gasteiger charge is 2.19. The number of aromatic nitrogens is 1. The average Bonchev–Trinajstić information content (AvgIpc) is 3.18. The number of nitriles is 1. The summed E-state index contributed by atoms with van der Waals surface area (Å²) in [5.41, 5.74) is 3.47. The molecule has 31 heavy (non-hydrogen) atoms. The van der Waals surface area contributed by atoms with Crippen LogP contribution in [-0.2, 0) is 17.8 Å². The first kappa shape index (κ1) is 20.9. The van der Waals surface area contributed by atoms with Crippen molar-refractivity contribution in [2.45, 2.75) is 19.4 Å². The number of benzene rings is 2. The van der Waals surface area contributed by atoms with Gasteiger partial charge in [-0.15, -0.1) is 0 Å². The van der Waals surface area contributed by atoms with Crippen LogP contribution in [0.15, 0.2) is 66.9 Å². The zero-order valence-electron chi connectivity index (χ0n) is 17.8. The van der Waals surface area contributed by atoms with Crippen molar-refractivity contribution in [2.75, 3.05) is 32.7 Å². The molecule has 0 bridgehead atoms. The van der Waals surface area contributed by atoms with Gasteiger partial charge in [0.15, 0.2) is 0 Å². The minimum atomic E-state index is 0.0663. The third-order valence-electron chi connectivity index (χ3n) is 5.93. The smallest absolute Gasteiger partial charge is 0.246 e. The van der Waals surface area contributed by atoms with Crippen LogP contribution in [0.4, 0.5) is 0 Å². The van der Waals surface area contributed by atoms with Crippen molar-refractivity contribution >= 4 is 22.9 Å². The van der Waals surface area contributed by atoms with Gasteiger partial charge in [0.25, 0.3) is 0 Å². The Morgan fingerprint density at radius 3 is 2.48 bits per heavy atom. The molecule has 2 heterocycles. The molecule has 0 atom stereocenters. The number of para-hydroxylation sites is 1. The standard InChI is InChI=1S/C26H28N4O/c27-14-6-15-30-21-23(24-9-4-5-10-25(24)30)11-12-26(31)29-19-17-28(18-20-29)16-13-22-7-2-1-3-8-22/h1-5,7-12,21H,6,13,15-20H2/b12-11+. The Labute approximate surface area is 183 Å². The van der Waals surface area contributed by atoms with Crippen molar-refractivity contribution in [1.82, 2.24) is 14.4 Å². The number of rotatable bonds is 7. The molecule has 1 aliphatic rings. The lowest BCUT2D eigenvalue weighted by molar-refractivity contribution is -0.127. The monoisotopic (exact) mass is 412 g/mol. The van der Waals surface area contributed by atoms with Crippen molar-refractivity contribution in [1.29, 1.82) is 5.26 Å². The first-order valence-electron chi connectivity index (χ1n) is 10.9. The molecule has 1 aliphatic heterocycles. The molecule has 5 nitrogen and oxygen atoms in total. The van der Waals surface area contributed by atoms with Gasteiger partial charge in [-0.05, 0) is 24.1 Å². The first-order chi connectivity index (χ1) is 15.2. The number of hydrogen-bond donors (Lipinski definition) is 0. The number of fused-ring (bicyclic) bond motifs is 1. The summed E-state index contributed by atoms with van der Waals surface area (Å²) in [6.45, 7) is 5.05. The quantitative estimate of drug-likeness (QED) is 0.552. The minimum Gasteiger partial charge on any atom is -0.346 e. The van der Waals surface area contributed by atoms with Gasteiger partial charge in [-0.1, -0.05) is 48.5 Å². The number of piperazine rings is 1. The topological polar surface area (TPSA) is 52.3 Å². The fraction of sp³-hybridized carbons (Fsp3) is 0.308. The summed E-state index contributed by atoms with van der Waals surface area (Å²) in [5.74, 6) is 0.0663. The average molecular weight is 413 g/mol. The fourth-order valence-electron chi connectivity index (χ4n) is 4.15. The summed E-state index contributed by atoms with van der Waals surface area (Å²) >= 11 is 0. The van der Waals surface area contributed by atoms with Gasteiger partial charge in [0.2, 0.25) is 5.91 Å². The van der Waals surface area contributed by atoms with Crippen LogP contribution in [0.1, 0.15) is 17.5 Å². The highest BCUT2D eigenvalue weighted by Crippen LogP contribution is 2.23. The normalized spacial score (nSPS) is 14.9. The van der Waals surface area contributed by atoms with Crippen molar-refractivity contribution in [3.63, 3.8) is 0 Å². The minimum absolute atomic E-state index is 0.0663. The van der Waals surface area contributed by atoms with E-state index in [1.165, 1.54) is 5.56 Å². The number of amides is 1. The Balaban J connectivity index is 1.33. The maximum Gasteiger partial charge on any atom is 0.246 e. The van der Waals surface area contributed by atoms with E-state index < -0.39 is 0 Å². The molecular formula is C26H28N4O. The highest BCUT2D eigenvalue weighted by molar-refractivity contribution is 5.96. The Hall–Kier alpha value is -3.36. The molecule has 1 saturated heterocycles.